The second-order valence-corrected chi connectivity index (χ2v) is 6.81. The lowest BCUT2D eigenvalue weighted by Crippen LogP contribution is -2.39. The van der Waals surface area contributed by atoms with Gasteiger partial charge in [0.15, 0.2) is 5.16 Å². The highest BCUT2D eigenvalue weighted by Crippen LogP contribution is 2.25. The molecule has 2 atom stereocenters. The van der Waals surface area contributed by atoms with E-state index in [0.717, 1.165) is 11.8 Å². The minimum absolute atomic E-state index is 0.208. The number of carbonyl (C=O) groups is 2. The Balaban J connectivity index is 2.49. The molecule has 0 unspecified atom stereocenters. The molecule has 1 aromatic carbocycles. The van der Waals surface area contributed by atoms with Crippen molar-refractivity contribution in [1.29, 1.82) is 0 Å². The number of carbonyl (C=O) groups excluding carboxylic acids is 2. The zero-order valence-electron chi connectivity index (χ0n) is 14.2. The summed E-state index contributed by atoms with van der Waals surface area (Å²) in [4.78, 5) is 40.2. The van der Waals surface area contributed by atoms with Crippen LogP contribution in [0.15, 0.2) is 34.2 Å². The van der Waals surface area contributed by atoms with Gasteiger partial charge in [0.1, 0.15) is 0 Å². The Kier molecular flexibility index (Phi) is 6.16. The van der Waals surface area contributed by atoms with Crippen molar-refractivity contribution in [1.82, 2.24) is 14.9 Å². The van der Waals surface area contributed by atoms with Crippen LogP contribution < -0.4 is 16.6 Å². The van der Waals surface area contributed by atoms with E-state index < -0.39 is 17.2 Å². The first kappa shape index (κ1) is 18.9. The predicted molar refractivity (Wildman–Crippen MR) is 95.6 cm³/mol. The van der Waals surface area contributed by atoms with Crippen LogP contribution >= 0.6 is 11.8 Å². The molecule has 9 heteroatoms. The molecule has 0 fully saturated rings. The lowest BCUT2D eigenvalue weighted by atomic mass is 10.2. The molecule has 0 aliphatic rings. The Morgan fingerprint density at radius 3 is 2.68 bits per heavy atom. The Labute approximate surface area is 148 Å². The molecule has 0 aliphatic heterocycles. The number of hydrogen-bond acceptors (Lipinski definition) is 6. The zero-order chi connectivity index (χ0) is 18.6. The van der Waals surface area contributed by atoms with Gasteiger partial charge in [0.25, 0.3) is 5.56 Å². The number of urea groups is 1. The number of primary amides is 1. The Morgan fingerprint density at radius 1 is 1.36 bits per heavy atom. The molecule has 0 radical (unpaired) electrons. The first-order valence-electron chi connectivity index (χ1n) is 7.62. The van der Waals surface area contributed by atoms with Crippen LogP contribution in [0.3, 0.4) is 0 Å². The van der Waals surface area contributed by atoms with Crippen LogP contribution in [0.5, 0.6) is 0 Å². The number of nitrogens with two attached hydrogens (primary N) is 1. The molecular weight excluding hydrogens is 344 g/mol. The molecule has 3 amide bonds. The highest BCUT2D eigenvalue weighted by molar-refractivity contribution is 8.00. The summed E-state index contributed by atoms with van der Waals surface area (Å²) in [6, 6.07) is 5.80. The molecule has 0 bridgehead atoms. The third-order valence-corrected chi connectivity index (χ3v) is 4.59. The van der Waals surface area contributed by atoms with E-state index in [-0.39, 0.29) is 11.6 Å². The Morgan fingerprint density at radius 2 is 2.04 bits per heavy atom. The molecule has 0 saturated carbocycles. The van der Waals surface area contributed by atoms with Gasteiger partial charge in [-0.15, -0.1) is 0 Å². The third-order valence-electron chi connectivity index (χ3n) is 3.52. The number of para-hydroxylation sites is 1. The van der Waals surface area contributed by atoms with Crippen LogP contribution in [-0.4, -0.2) is 40.5 Å². The van der Waals surface area contributed by atoms with E-state index in [1.54, 1.807) is 38.3 Å². The second-order valence-electron chi connectivity index (χ2n) is 5.50. The third kappa shape index (κ3) is 4.37. The van der Waals surface area contributed by atoms with Crippen molar-refractivity contribution in [3.63, 3.8) is 0 Å². The van der Waals surface area contributed by atoms with Crippen LogP contribution in [0, 0.1) is 0 Å². The van der Waals surface area contributed by atoms with Gasteiger partial charge < -0.3 is 10.5 Å². The van der Waals surface area contributed by atoms with Gasteiger partial charge in [-0.05, 0) is 26.0 Å². The normalized spacial score (nSPS) is 13.4. The quantitative estimate of drug-likeness (QED) is 0.589. The SMILES string of the molecule is COC[C@H](C)n1c(S[C@@H](C)C(=O)NC(N)=O)nc2ccccc2c1=O. The lowest BCUT2D eigenvalue weighted by molar-refractivity contribution is -0.119. The van der Waals surface area contributed by atoms with E-state index in [9.17, 15) is 14.4 Å². The number of rotatable bonds is 6. The monoisotopic (exact) mass is 364 g/mol. The molecule has 2 rings (SSSR count). The number of nitrogens with zero attached hydrogens (tertiary/aromatic N) is 2. The number of imide groups is 1. The number of fused-ring (bicyclic) bond motifs is 1. The molecule has 134 valence electrons. The maximum absolute atomic E-state index is 12.9. The smallest absolute Gasteiger partial charge is 0.318 e. The van der Waals surface area contributed by atoms with Gasteiger partial charge in [-0.3, -0.25) is 19.5 Å². The van der Waals surface area contributed by atoms with E-state index in [0.29, 0.717) is 22.7 Å². The number of hydrogen-bond donors (Lipinski definition) is 2. The van der Waals surface area contributed by atoms with Crippen molar-refractivity contribution in [2.45, 2.75) is 30.3 Å². The van der Waals surface area contributed by atoms with Gasteiger partial charge in [-0.1, -0.05) is 23.9 Å². The molecule has 1 heterocycles. The average Bonchev–Trinajstić information content (AvgIpc) is 2.54. The molecule has 3 N–H and O–H groups in total. The Bertz CT molecular complexity index is 852. The average molecular weight is 364 g/mol. The summed E-state index contributed by atoms with van der Waals surface area (Å²) >= 11 is 1.08. The van der Waals surface area contributed by atoms with E-state index >= 15 is 0 Å². The highest BCUT2D eigenvalue weighted by atomic mass is 32.2. The molecule has 0 saturated heterocycles. The summed E-state index contributed by atoms with van der Waals surface area (Å²) in [6.45, 7) is 3.75. The fraction of sp³-hybridized carbons (Fsp3) is 0.375. The van der Waals surface area contributed by atoms with Crippen molar-refractivity contribution in [3.05, 3.63) is 34.6 Å². The minimum Gasteiger partial charge on any atom is -0.383 e. The summed E-state index contributed by atoms with van der Waals surface area (Å²) in [5.74, 6) is -0.550. The van der Waals surface area contributed by atoms with Gasteiger partial charge in [-0.25, -0.2) is 9.78 Å². The van der Waals surface area contributed by atoms with Crippen LogP contribution in [0.2, 0.25) is 0 Å². The maximum Gasteiger partial charge on any atom is 0.318 e. The topological polar surface area (TPSA) is 116 Å². The molecule has 0 aliphatic carbocycles. The van der Waals surface area contributed by atoms with Gasteiger partial charge in [0.2, 0.25) is 5.91 Å². The summed E-state index contributed by atoms with van der Waals surface area (Å²) in [7, 11) is 1.55. The van der Waals surface area contributed by atoms with Gasteiger partial charge in [-0.2, -0.15) is 0 Å². The van der Waals surface area contributed by atoms with E-state index in [2.05, 4.69) is 4.98 Å². The van der Waals surface area contributed by atoms with Crippen LogP contribution in [0.1, 0.15) is 19.9 Å². The van der Waals surface area contributed by atoms with E-state index in [1.165, 1.54) is 4.57 Å². The summed E-state index contributed by atoms with van der Waals surface area (Å²) < 4.78 is 6.65. The van der Waals surface area contributed by atoms with Gasteiger partial charge >= 0.3 is 6.03 Å². The van der Waals surface area contributed by atoms with Crippen molar-refractivity contribution in [2.75, 3.05) is 13.7 Å². The zero-order valence-corrected chi connectivity index (χ0v) is 15.0. The standard InChI is InChI=1S/C16H20N4O4S/c1-9(8-24-3)20-14(22)11-6-4-5-7-12(11)18-16(20)25-10(2)13(21)19-15(17)23/h4-7,9-10H,8H2,1-3H3,(H3,17,19,21,23)/t9-,10-/m0/s1. The second kappa shape index (κ2) is 8.13. The van der Waals surface area contributed by atoms with Crippen molar-refractivity contribution < 1.29 is 14.3 Å². The van der Waals surface area contributed by atoms with Crippen molar-refractivity contribution >= 4 is 34.6 Å². The number of benzene rings is 1. The lowest BCUT2D eigenvalue weighted by Gasteiger charge is -2.20. The first-order chi connectivity index (χ1) is 11.8. The summed E-state index contributed by atoms with van der Waals surface area (Å²) in [5, 5.41) is 2.23. The molecule has 0 spiro atoms. The number of amides is 3. The van der Waals surface area contributed by atoms with Gasteiger partial charge in [0.05, 0.1) is 28.8 Å². The molecule has 8 nitrogen and oxygen atoms in total. The molecular formula is C16H20N4O4S. The number of aromatic nitrogens is 2. The van der Waals surface area contributed by atoms with Crippen molar-refractivity contribution in [3.8, 4) is 0 Å². The molecule has 1 aromatic heterocycles. The maximum atomic E-state index is 12.9. The molecule has 25 heavy (non-hydrogen) atoms. The minimum atomic E-state index is -0.922. The van der Waals surface area contributed by atoms with Crippen LogP contribution in [0.4, 0.5) is 4.79 Å². The number of nitrogens with one attached hydrogen (secondary N) is 1. The first-order valence-corrected chi connectivity index (χ1v) is 8.50. The number of thioether (sulfide) groups is 1. The number of methoxy groups -OCH3 is 1. The largest absolute Gasteiger partial charge is 0.383 e. The van der Waals surface area contributed by atoms with E-state index in [4.69, 9.17) is 10.5 Å². The van der Waals surface area contributed by atoms with Gasteiger partial charge in [0, 0.05) is 7.11 Å². The predicted octanol–water partition coefficient (Wildman–Crippen LogP) is 1.28. The Hall–Kier alpha value is -2.39. The molecule has 2 aromatic rings. The summed E-state index contributed by atoms with van der Waals surface area (Å²) in [5.41, 5.74) is 5.31. The van der Waals surface area contributed by atoms with Crippen molar-refractivity contribution in [2.24, 2.45) is 5.73 Å². The number of ether oxygens (including phenoxy) is 1. The van der Waals surface area contributed by atoms with E-state index in [1.807, 2.05) is 12.2 Å². The van der Waals surface area contributed by atoms with Crippen LogP contribution in [-0.2, 0) is 9.53 Å². The fourth-order valence-electron chi connectivity index (χ4n) is 2.35. The fourth-order valence-corrected chi connectivity index (χ4v) is 3.36. The summed E-state index contributed by atoms with van der Waals surface area (Å²) in [6.07, 6.45) is 0. The van der Waals surface area contributed by atoms with Crippen LogP contribution in [0.25, 0.3) is 10.9 Å². The highest BCUT2D eigenvalue weighted by Gasteiger charge is 2.22.